The van der Waals surface area contributed by atoms with Crippen molar-refractivity contribution < 1.29 is 32.6 Å². The van der Waals surface area contributed by atoms with Crippen LogP contribution < -0.4 is 10.1 Å². The van der Waals surface area contributed by atoms with Crippen molar-refractivity contribution >= 4 is 11.9 Å². The van der Waals surface area contributed by atoms with Crippen molar-refractivity contribution in [2.75, 3.05) is 6.61 Å². The number of hydrogen-bond acceptors (Lipinski definition) is 4. The van der Waals surface area contributed by atoms with Gasteiger partial charge >= 0.3 is 5.97 Å². The highest BCUT2D eigenvalue weighted by Crippen LogP contribution is 2.48. The fourth-order valence-electron chi connectivity index (χ4n) is 3.63. The van der Waals surface area contributed by atoms with E-state index in [1.165, 1.54) is 24.3 Å². The fraction of sp³-hybridized carbons (Fsp3) is 0.292. The van der Waals surface area contributed by atoms with Gasteiger partial charge in [0.25, 0.3) is 11.8 Å². The minimum absolute atomic E-state index is 0.0277. The molecule has 1 heterocycles. The molecule has 2 N–H and O–H groups in total. The zero-order valence-electron chi connectivity index (χ0n) is 18.2. The Morgan fingerprint density at radius 1 is 1.24 bits per heavy atom. The van der Waals surface area contributed by atoms with E-state index < -0.39 is 35.6 Å². The van der Waals surface area contributed by atoms with Gasteiger partial charge in [-0.15, -0.1) is 0 Å². The standard InChI is InChI=1S/C24H22F3N3O4/c1-14-6-2-3-7-16(14)18(11-22(31)32)28-23(33)19-10-21(34-13-15-12-24(15,26)27)30(29-19)20-9-5-4-8-17(20)25/h2-10,15,18H,11-13H2,1H3,(H,28,33)(H,31,32)/t15?,18-/m0/s1. The second kappa shape index (κ2) is 9.20. The monoisotopic (exact) mass is 473 g/mol. The maximum Gasteiger partial charge on any atom is 0.305 e. The van der Waals surface area contributed by atoms with Gasteiger partial charge in [0.1, 0.15) is 11.5 Å². The molecule has 0 spiro atoms. The van der Waals surface area contributed by atoms with Crippen molar-refractivity contribution in [1.82, 2.24) is 15.1 Å². The third kappa shape index (κ3) is 5.05. The topological polar surface area (TPSA) is 93.5 Å². The number of halogens is 3. The molecular weight excluding hydrogens is 451 g/mol. The first kappa shape index (κ1) is 23.3. The van der Waals surface area contributed by atoms with E-state index in [9.17, 15) is 27.9 Å². The number of amides is 1. The first-order valence-electron chi connectivity index (χ1n) is 10.6. The molecule has 1 amide bonds. The molecule has 1 aliphatic carbocycles. The van der Waals surface area contributed by atoms with Crippen LogP contribution in [0, 0.1) is 18.7 Å². The van der Waals surface area contributed by atoms with E-state index in [0.717, 1.165) is 10.2 Å². The van der Waals surface area contributed by atoms with Crippen LogP contribution >= 0.6 is 0 Å². The lowest BCUT2D eigenvalue weighted by atomic mass is 9.98. The highest BCUT2D eigenvalue weighted by Gasteiger charge is 2.57. The zero-order chi connectivity index (χ0) is 24.5. The van der Waals surface area contributed by atoms with Gasteiger partial charge in [0.05, 0.1) is 25.0 Å². The number of nitrogens with one attached hydrogen (secondary N) is 1. The van der Waals surface area contributed by atoms with Crippen LogP contribution in [0.15, 0.2) is 54.6 Å². The average Bonchev–Trinajstić information content (AvgIpc) is 3.19. The van der Waals surface area contributed by atoms with Gasteiger partial charge in [0.15, 0.2) is 5.69 Å². The Kier molecular flexibility index (Phi) is 6.32. The van der Waals surface area contributed by atoms with E-state index in [1.54, 1.807) is 37.3 Å². The van der Waals surface area contributed by atoms with Gasteiger partial charge in [-0.05, 0) is 30.2 Å². The molecule has 34 heavy (non-hydrogen) atoms. The van der Waals surface area contributed by atoms with Crippen LogP contribution in [-0.4, -0.2) is 39.3 Å². The summed E-state index contributed by atoms with van der Waals surface area (Å²) in [4.78, 5) is 24.4. The highest BCUT2D eigenvalue weighted by atomic mass is 19.3. The average molecular weight is 473 g/mol. The largest absolute Gasteiger partial charge is 0.481 e. The number of aryl methyl sites for hydroxylation is 1. The van der Waals surface area contributed by atoms with Crippen molar-refractivity contribution in [3.8, 4) is 11.6 Å². The Morgan fingerprint density at radius 2 is 1.91 bits per heavy atom. The number of carbonyl (C=O) groups is 2. The maximum atomic E-state index is 14.4. The van der Waals surface area contributed by atoms with Gasteiger partial charge < -0.3 is 15.2 Å². The van der Waals surface area contributed by atoms with Gasteiger partial charge in [-0.3, -0.25) is 9.59 Å². The summed E-state index contributed by atoms with van der Waals surface area (Å²) in [5, 5.41) is 16.1. The summed E-state index contributed by atoms with van der Waals surface area (Å²) in [6.45, 7) is 1.47. The Balaban J connectivity index is 1.62. The Labute approximate surface area is 193 Å². The van der Waals surface area contributed by atoms with E-state index in [0.29, 0.717) is 5.56 Å². The SMILES string of the molecule is Cc1ccccc1[C@H](CC(=O)O)NC(=O)c1cc(OCC2CC2(F)F)n(-c2ccccc2F)n1. The third-order valence-electron chi connectivity index (χ3n) is 5.63. The number of nitrogens with zero attached hydrogens (tertiary/aromatic N) is 2. The third-order valence-corrected chi connectivity index (χ3v) is 5.63. The summed E-state index contributed by atoms with van der Waals surface area (Å²) < 4.78 is 47.5. The van der Waals surface area contributed by atoms with Crippen molar-refractivity contribution in [3.63, 3.8) is 0 Å². The number of rotatable bonds is 9. The number of hydrogen-bond donors (Lipinski definition) is 2. The van der Waals surface area contributed by atoms with Crippen LogP contribution in [-0.2, 0) is 4.79 Å². The van der Waals surface area contributed by atoms with Gasteiger partial charge in [-0.1, -0.05) is 36.4 Å². The summed E-state index contributed by atoms with van der Waals surface area (Å²) in [5.74, 6) is -6.33. The molecule has 0 saturated heterocycles. The summed E-state index contributed by atoms with van der Waals surface area (Å²) in [6, 6.07) is 13.0. The number of ether oxygens (including phenoxy) is 1. The second-order valence-electron chi connectivity index (χ2n) is 8.18. The summed E-state index contributed by atoms with van der Waals surface area (Å²) in [7, 11) is 0. The molecule has 2 atom stereocenters. The number of benzene rings is 2. The number of carboxylic acid groups (broad SMARTS) is 1. The molecule has 1 fully saturated rings. The lowest BCUT2D eigenvalue weighted by Gasteiger charge is -2.18. The number of carboxylic acids is 1. The quantitative estimate of drug-likeness (QED) is 0.483. The number of aromatic nitrogens is 2. The fourth-order valence-corrected chi connectivity index (χ4v) is 3.63. The normalized spacial score (nSPS) is 17.1. The number of para-hydroxylation sites is 1. The first-order valence-corrected chi connectivity index (χ1v) is 10.6. The molecule has 2 aromatic carbocycles. The number of aliphatic carboxylic acids is 1. The predicted octanol–water partition coefficient (Wildman–Crippen LogP) is 4.30. The molecule has 10 heteroatoms. The Hall–Kier alpha value is -3.82. The Morgan fingerprint density at radius 3 is 2.56 bits per heavy atom. The van der Waals surface area contributed by atoms with E-state index in [-0.39, 0.29) is 36.7 Å². The van der Waals surface area contributed by atoms with Gasteiger partial charge in [0.2, 0.25) is 5.88 Å². The smallest absolute Gasteiger partial charge is 0.305 e. The van der Waals surface area contributed by atoms with Crippen LogP contribution in [0.3, 0.4) is 0 Å². The minimum atomic E-state index is -2.80. The zero-order valence-corrected chi connectivity index (χ0v) is 18.2. The molecule has 178 valence electrons. The van der Waals surface area contributed by atoms with E-state index in [1.807, 2.05) is 0 Å². The molecule has 0 aliphatic heterocycles. The number of alkyl halides is 2. The van der Waals surface area contributed by atoms with Crippen LogP contribution in [0.25, 0.3) is 5.69 Å². The lowest BCUT2D eigenvalue weighted by molar-refractivity contribution is -0.137. The summed E-state index contributed by atoms with van der Waals surface area (Å²) >= 11 is 0. The van der Waals surface area contributed by atoms with Gasteiger partial charge in [0, 0.05) is 12.5 Å². The highest BCUT2D eigenvalue weighted by molar-refractivity contribution is 5.93. The molecule has 3 aromatic rings. The minimum Gasteiger partial charge on any atom is -0.481 e. The molecule has 1 aliphatic rings. The van der Waals surface area contributed by atoms with Crippen LogP contribution in [0.5, 0.6) is 5.88 Å². The van der Waals surface area contributed by atoms with E-state index in [2.05, 4.69) is 10.4 Å². The molecule has 0 bridgehead atoms. The summed E-state index contributed by atoms with van der Waals surface area (Å²) in [5.41, 5.74) is 1.21. The number of carbonyl (C=O) groups excluding carboxylic acids is 1. The van der Waals surface area contributed by atoms with Crippen LogP contribution in [0.1, 0.15) is 40.5 Å². The molecule has 1 unspecified atom stereocenters. The molecule has 7 nitrogen and oxygen atoms in total. The molecule has 1 saturated carbocycles. The molecular formula is C24H22F3N3O4. The van der Waals surface area contributed by atoms with Gasteiger partial charge in [-0.25, -0.2) is 13.2 Å². The Bertz CT molecular complexity index is 1230. The second-order valence-corrected chi connectivity index (χ2v) is 8.18. The van der Waals surface area contributed by atoms with Crippen molar-refractivity contribution in [1.29, 1.82) is 0 Å². The maximum absolute atomic E-state index is 14.4. The van der Waals surface area contributed by atoms with E-state index in [4.69, 9.17) is 4.74 Å². The van der Waals surface area contributed by atoms with Crippen LogP contribution in [0.2, 0.25) is 0 Å². The summed E-state index contributed by atoms with van der Waals surface area (Å²) in [6.07, 6.45) is -0.674. The van der Waals surface area contributed by atoms with E-state index >= 15 is 0 Å². The molecule has 4 rings (SSSR count). The van der Waals surface area contributed by atoms with Gasteiger partial charge in [-0.2, -0.15) is 9.78 Å². The van der Waals surface area contributed by atoms with Crippen LogP contribution in [0.4, 0.5) is 13.2 Å². The molecule has 1 aromatic heterocycles. The lowest BCUT2D eigenvalue weighted by Crippen LogP contribution is -2.31. The van der Waals surface area contributed by atoms with Crippen molar-refractivity contribution in [2.24, 2.45) is 5.92 Å². The van der Waals surface area contributed by atoms with Crippen molar-refractivity contribution in [2.45, 2.75) is 31.7 Å². The van der Waals surface area contributed by atoms with Crippen molar-refractivity contribution in [3.05, 3.63) is 77.2 Å². The first-order chi connectivity index (χ1) is 16.2. The molecule has 0 radical (unpaired) electrons. The predicted molar refractivity (Wildman–Crippen MR) is 116 cm³/mol.